The first kappa shape index (κ1) is 45.6. The first-order valence-electron chi connectivity index (χ1n) is 19.3. The van der Waals surface area contributed by atoms with E-state index in [1.807, 2.05) is 0 Å². The largest absolute Gasteiger partial charge is 0.508 e. The molecule has 3 saturated heterocycles. The van der Waals surface area contributed by atoms with Crippen LogP contribution in [0.4, 0.5) is 0 Å². The van der Waals surface area contributed by atoms with Crippen LogP contribution in [0.1, 0.15) is 5.56 Å². The SMILES string of the molecule is O=C(C=Cc1ccc(O)cc1)OC[C@H]1O[C@@H](O[C@@H]2CO[C@@H](O[C@H]3[C@H](Oc4cc5c(O)cc(=O)cc-5oc4-c4ccc(O)c(O)c4)O[C@H](CO)[C@H](O)[C@@H]3O)[C@H](O)[C@H]2O)[C@H](O)[C@@H](O)[C@@H]1O. The molecule has 63 heavy (non-hydrogen) atoms. The van der Waals surface area contributed by atoms with Gasteiger partial charge in [0.05, 0.1) is 18.8 Å². The zero-order chi connectivity index (χ0) is 45.3. The van der Waals surface area contributed by atoms with Gasteiger partial charge in [-0.2, -0.15) is 0 Å². The highest BCUT2D eigenvalue weighted by molar-refractivity contribution is 5.87. The number of benzene rings is 3. The summed E-state index contributed by atoms with van der Waals surface area (Å²) in [4.78, 5) is 24.5. The highest BCUT2D eigenvalue weighted by atomic mass is 16.8. The standard InChI is InChI=1S/C41H44O22/c42-13-26-30(49)34(53)38(41(60-26)59-25-12-20-22(46)10-19(44)11-24(20)58-37(25)17-4-7-21(45)23(47)9-17)63-39-35(54)32(51)28(15-57-39)62-40-36(55)33(52)31(50)27(61-40)14-56-29(48)8-3-16-1-5-18(43)6-2-16/h1-12,26-28,30-36,38-43,45-47,49-55H,13-15H2/t26-,27-,28-,30+,31-,32+,33+,34+,35-,36-,38-,39+,40+,41-/m1/s1. The number of esters is 1. The predicted octanol–water partition coefficient (Wildman–Crippen LogP) is -2.04. The van der Waals surface area contributed by atoms with Crippen LogP contribution in [0.3, 0.4) is 0 Å². The molecule has 0 radical (unpaired) electrons. The molecule has 0 bridgehead atoms. The van der Waals surface area contributed by atoms with E-state index in [1.54, 1.807) is 0 Å². The highest BCUT2D eigenvalue weighted by Gasteiger charge is 2.52. The van der Waals surface area contributed by atoms with Gasteiger partial charge in [0.2, 0.25) is 6.29 Å². The van der Waals surface area contributed by atoms with E-state index in [1.165, 1.54) is 42.5 Å². The maximum atomic E-state index is 12.4. The van der Waals surface area contributed by atoms with E-state index in [0.717, 1.165) is 30.3 Å². The average molecular weight is 889 g/mol. The van der Waals surface area contributed by atoms with E-state index < -0.39 is 134 Å². The number of ether oxygens (including phenoxy) is 7. The summed E-state index contributed by atoms with van der Waals surface area (Å²) in [6.45, 7) is -2.09. The maximum absolute atomic E-state index is 12.4. The third-order valence-electron chi connectivity index (χ3n) is 10.5. The van der Waals surface area contributed by atoms with Crippen molar-refractivity contribution in [3.05, 3.63) is 82.5 Å². The Kier molecular flexibility index (Phi) is 13.8. The lowest BCUT2D eigenvalue weighted by Gasteiger charge is -2.46. The van der Waals surface area contributed by atoms with E-state index in [2.05, 4.69) is 0 Å². The van der Waals surface area contributed by atoms with Crippen molar-refractivity contribution < 1.29 is 104 Å². The topological polar surface area (TPSA) is 355 Å². The van der Waals surface area contributed by atoms with Crippen molar-refractivity contribution >= 4 is 12.0 Å². The van der Waals surface area contributed by atoms with Gasteiger partial charge in [0.1, 0.15) is 84.9 Å². The van der Waals surface area contributed by atoms with Crippen molar-refractivity contribution in [3.63, 3.8) is 0 Å². The minimum atomic E-state index is -2.03. The number of fused-ring (bicyclic) bond motifs is 1. The number of phenols is 4. The third kappa shape index (κ3) is 9.88. The summed E-state index contributed by atoms with van der Waals surface area (Å²) in [5.74, 6) is -3.10. The van der Waals surface area contributed by atoms with Crippen LogP contribution in [0, 0.1) is 0 Å². The van der Waals surface area contributed by atoms with Gasteiger partial charge < -0.3 is 98.9 Å². The number of aliphatic hydroxyl groups excluding tert-OH is 8. The van der Waals surface area contributed by atoms with Gasteiger partial charge in [-0.05, 0) is 48.0 Å². The highest BCUT2D eigenvalue weighted by Crippen LogP contribution is 2.43. The Hall–Kier alpha value is -5.44. The molecule has 1 aliphatic carbocycles. The van der Waals surface area contributed by atoms with Gasteiger partial charge in [-0.1, -0.05) is 12.1 Å². The van der Waals surface area contributed by atoms with Gasteiger partial charge in [0.25, 0.3) is 0 Å². The lowest BCUT2D eigenvalue weighted by molar-refractivity contribution is -0.364. The summed E-state index contributed by atoms with van der Waals surface area (Å²) in [6.07, 6.45) is -22.6. The quantitative estimate of drug-likeness (QED) is 0.0414. The minimum Gasteiger partial charge on any atom is -0.508 e. The van der Waals surface area contributed by atoms with Crippen molar-refractivity contribution in [2.75, 3.05) is 19.8 Å². The summed E-state index contributed by atoms with van der Waals surface area (Å²) in [6, 6.07) is 12.5. The Balaban J connectivity index is 1.05. The Morgan fingerprint density at radius 1 is 0.698 bits per heavy atom. The van der Waals surface area contributed by atoms with Crippen molar-refractivity contribution in [3.8, 4) is 51.4 Å². The molecule has 3 fully saturated rings. The van der Waals surface area contributed by atoms with Crippen LogP contribution >= 0.6 is 0 Å². The molecule has 0 spiro atoms. The summed E-state index contributed by atoms with van der Waals surface area (Å²) >= 11 is 0. The third-order valence-corrected chi connectivity index (χ3v) is 10.5. The fourth-order valence-corrected chi connectivity index (χ4v) is 7.01. The Morgan fingerprint density at radius 2 is 1.40 bits per heavy atom. The summed E-state index contributed by atoms with van der Waals surface area (Å²) in [5.41, 5.74) is -0.0546. The van der Waals surface area contributed by atoms with Crippen LogP contribution in [0.15, 0.2) is 76.0 Å². The van der Waals surface area contributed by atoms with Crippen LogP contribution in [0.5, 0.6) is 28.7 Å². The molecule has 7 rings (SSSR count). The lowest BCUT2D eigenvalue weighted by Crippen LogP contribution is -2.65. The van der Waals surface area contributed by atoms with Gasteiger partial charge in [0, 0.05) is 23.8 Å². The lowest BCUT2D eigenvalue weighted by atomic mass is 9.98. The number of phenolic OH excluding ortho intramolecular Hbond substituents is 4. The molecule has 2 aromatic carbocycles. The summed E-state index contributed by atoms with van der Waals surface area (Å²) < 4.78 is 45.6. The van der Waals surface area contributed by atoms with Crippen molar-refractivity contribution in [1.29, 1.82) is 0 Å². The maximum Gasteiger partial charge on any atom is 0.330 e. The average Bonchev–Trinajstić information content (AvgIpc) is 3.26. The van der Waals surface area contributed by atoms with Crippen LogP contribution in [0.2, 0.25) is 0 Å². The van der Waals surface area contributed by atoms with Crippen molar-refractivity contribution in [2.24, 2.45) is 0 Å². The number of aliphatic hydroxyl groups is 8. The number of hydrogen-bond acceptors (Lipinski definition) is 22. The molecular formula is C41H44O22. The zero-order valence-corrected chi connectivity index (χ0v) is 32.6. The molecule has 22 nitrogen and oxygen atoms in total. The second-order valence-electron chi connectivity index (χ2n) is 14.8. The van der Waals surface area contributed by atoms with Gasteiger partial charge in [0.15, 0.2) is 47.1 Å². The smallest absolute Gasteiger partial charge is 0.330 e. The van der Waals surface area contributed by atoms with Gasteiger partial charge >= 0.3 is 5.97 Å². The number of carbonyl (C=O) groups excluding carboxylic acids is 1. The second kappa shape index (κ2) is 19.1. The second-order valence-corrected chi connectivity index (χ2v) is 14.8. The summed E-state index contributed by atoms with van der Waals surface area (Å²) in [7, 11) is 0. The first-order chi connectivity index (χ1) is 30.0. The van der Waals surface area contributed by atoms with Crippen LogP contribution in [-0.4, -0.2) is 173 Å². The Morgan fingerprint density at radius 3 is 2.11 bits per heavy atom. The molecule has 4 aliphatic heterocycles. The zero-order valence-electron chi connectivity index (χ0n) is 32.6. The molecule has 0 saturated carbocycles. The van der Waals surface area contributed by atoms with Crippen molar-refractivity contribution in [2.45, 2.75) is 86.0 Å². The molecule has 14 atom stereocenters. The first-order valence-corrected chi connectivity index (χ1v) is 19.3. The Bertz CT molecular complexity index is 2260. The monoisotopic (exact) mass is 888 g/mol. The molecule has 0 amide bonds. The number of rotatable bonds is 12. The molecular weight excluding hydrogens is 844 g/mol. The molecule has 0 aromatic heterocycles. The molecule has 340 valence electrons. The van der Waals surface area contributed by atoms with Crippen LogP contribution in [0.25, 0.3) is 28.7 Å². The van der Waals surface area contributed by atoms with E-state index in [9.17, 15) is 70.9 Å². The fourth-order valence-electron chi connectivity index (χ4n) is 7.01. The molecule has 5 aliphatic rings. The Labute approximate surface area is 355 Å². The van der Waals surface area contributed by atoms with Crippen LogP contribution < -0.4 is 10.2 Å². The number of carbonyl (C=O) groups is 1. The van der Waals surface area contributed by atoms with Gasteiger partial charge in [-0.15, -0.1) is 0 Å². The normalized spacial score (nSPS) is 32.4. The molecule has 22 heteroatoms. The van der Waals surface area contributed by atoms with E-state index in [0.29, 0.717) is 5.56 Å². The fraction of sp³-hybridized carbons (Fsp3) is 0.415. The number of hydrogen-bond donors (Lipinski definition) is 12. The van der Waals surface area contributed by atoms with E-state index in [-0.39, 0.29) is 34.1 Å². The van der Waals surface area contributed by atoms with Crippen molar-refractivity contribution in [1.82, 2.24) is 0 Å². The van der Waals surface area contributed by atoms with Gasteiger partial charge in [-0.3, -0.25) is 4.79 Å². The van der Waals surface area contributed by atoms with Crippen LogP contribution in [-0.2, 0) is 33.2 Å². The van der Waals surface area contributed by atoms with E-state index in [4.69, 9.17) is 37.6 Å². The molecule has 12 N–H and O–H groups in total. The molecule has 0 unspecified atom stereocenters. The van der Waals surface area contributed by atoms with Gasteiger partial charge in [-0.25, -0.2) is 4.79 Å². The predicted molar refractivity (Wildman–Crippen MR) is 207 cm³/mol. The molecule has 4 heterocycles. The minimum absolute atomic E-state index is 0.0193. The van der Waals surface area contributed by atoms with E-state index >= 15 is 0 Å². The summed E-state index contributed by atoms with van der Waals surface area (Å²) in [5, 5.41) is 126. The number of aromatic hydroxyl groups is 4. The molecule has 2 aromatic rings.